The van der Waals surface area contributed by atoms with Crippen LogP contribution in [0.15, 0.2) is 23.4 Å². The number of aryl methyl sites for hydroxylation is 1. The van der Waals surface area contributed by atoms with Gasteiger partial charge in [0.15, 0.2) is 0 Å². The van der Waals surface area contributed by atoms with E-state index in [2.05, 4.69) is 18.1 Å². The number of aliphatic hydroxyl groups is 1. The zero-order valence-electron chi connectivity index (χ0n) is 13.9. The van der Waals surface area contributed by atoms with E-state index in [1.165, 1.54) is 11.1 Å². The Bertz CT molecular complexity index is 671. The van der Waals surface area contributed by atoms with Gasteiger partial charge in [-0.2, -0.15) is 0 Å². The first-order valence-electron chi connectivity index (χ1n) is 8.64. The van der Waals surface area contributed by atoms with Crippen molar-refractivity contribution in [3.8, 4) is 5.75 Å². The summed E-state index contributed by atoms with van der Waals surface area (Å²) in [6.07, 6.45) is 5.51. The Labute approximate surface area is 137 Å². The molecule has 0 saturated heterocycles. The molecular formula is C19H25NO3. The molecule has 1 unspecified atom stereocenters. The van der Waals surface area contributed by atoms with E-state index in [1.54, 1.807) is 13.2 Å². The number of phenolic OH excluding ortho intramolecular Hbond substituents is 1. The first-order chi connectivity index (χ1) is 11.0. The van der Waals surface area contributed by atoms with Crippen molar-refractivity contribution in [2.24, 2.45) is 16.5 Å². The molecule has 0 spiro atoms. The van der Waals surface area contributed by atoms with Gasteiger partial charge in [-0.1, -0.05) is 18.1 Å². The summed E-state index contributed by atoms with van der Waals surface area (Å²) in [6, 6.07) is 5.74. The summed E-state index contributed by atoms with van der Waals surface area (Å²) in [5, 5.41) is 25.6. The Morgan fingerprint density at radius 3 is 2.83 bits per heavy atom. The summed E-state index contributed by atoms with van der Waals surface area (Å²) in [4.78, 5) is 5.04. The van der Waals surface area contributed by atoms with Crippen molar-refractivity contribution in [3.05, 3.63) is 29.3 Å². The number of aromatic hydroxyl groups is 1. The minimum atomic E-state index is -0.692. The van der Waals surface area contributed by atoms with E-state index in [4.69, 9.17) is 4.84 Å². The molecule has 4 rings (SSSR count). The molecule has 23 heavy (non-hydrogen) atoms. The normalized spacial score (nSPS) is 40.4. The lowest BCUT2D eigenvalue weighted by atomic mass is 9.53. The number of benzene rings is 1. The standard InChI is InChI=1S/C19H25NO3/c1-18-9-7-15-14-5-4-13(21)11-12(14)3-6-16(15)19(18,22)10-8-17(18)20-23-2/h4-5,11,15-16,21-22H,3,6-10H2,1-2H3/b20-17-/t15-,16-,18-,19?/m1/s1. The van der Waals surface area contributed by atoms with Crippen LogP contribution in [0.3, 0.4) is 0 Å². The molecule has 1 aromatic carbocycles. The summed E-state index contributed by atoms with van der Waals surface area (Å²) in [7, 11) is 1.59. The Morgan fingerprint density at radius 2 is 2.04 bits per heavy atom. The second-order valence-electron chi connectivity index (χ2n) is 7.65. The SMILES string of the molecule is CO/N=C1/CCC2(O)[C@@H]3CCc4cc(O)ccc4[C@H]3CC[C@]12C. The summed E-state index contributed by atoms with van der Waals surface area (Å²) in [6.45, 7) is 2.17. The molecule has 3 aliphatic rings. The lowest BCUT2D eigenvalue weighted by Gasteiger charge is -2.54. The van der Waals surface area contributed by atoms with Gasteiger partial charge < -0.3 is 15.1 Å². The molecule has 3 aliphatic carbocycles. The van der Waals surface area contributed by atoms with Gasteiger partial charge in [-0.15, -0.1) is 0 Å². The zero-order valence-corrected chi connectivity index (χ0v) is 13.9. The maximum atomic E-state index is 11.7. The van der Waals surface area contributed by atoms with E-state index in [1.807, 2.05) is 6.07 Å². The molecule has 2 saturated carbocycles. The van der Waals surface area contributed by atoms with Crippen LogP contribution < -0.4 is 0 Å². The fourth-order valence-electron chi connectivity index (χ4n) is 5.59. The van der Waals surface area contributed by atoms with E-state index < -0.39 is 5.60 Å². The Hall–Kier alpha value is -1.55. The molecule has 4 atom stereocenters. The average Bonchev–Trinajstić information content (AvgIpc) is 2.80. The molecule has 1 aromatic rings. The molecule has 0 heterocycles. The highest BCUT2D eigenvalue weighted by Gasteiger charge is 2.63. The fourth-order valence-corrected chi connectivity index (χ4v) is 5.59. The van der Waals surface area contributed by atoms with Gasteiger partial charge in [0.25, 0.3) is 0 Å². The second kappa shape index (κ2) is 4.97. The number of fused-ring (bicyclic) bond motifs is 5. The van der Waals surface area contributed by atoms with Gasteiger partial charge in [0, 0.05) is 5.41 Å². The molecule has 0 amide bonds. The number of phenols is 1. The Morgan fingerprint density at radius 1 is 1.22 bits per heavy atom. The van der Waals surface area contributed by atoms with Crippen molar-refractivity contribution in [2.75, 3.05) is 7.11 Å². The quantitative estimate of drug-likeness (QED) is 0.781. The van der Waals surface area contributed by atoms with Crippen LogP contribution in [0.1, 0.15) is 56.1 Å². The predicted octanol–water partition coefficient (Wildman–Crippen LogP) is 3.37. The third-order valence-electron chi connectivity index (χ3n) is 6.84. The van der Waals surface area contributed by atoms with Gasteiger partial charge in [-0.25, -0.2) is 0 Å². The van der Waals surface area contributed by atoms with Crippen LogP contribution in [-0.4, -0.2) is 28.6 Å². The third kappa shape index (κ3) is 1.90. The topological polar surface area (TPSA) is 62.0 Å². The molecule has 0 bridgehead atoms. The van der Waals surface area contributed by atoms with E-state index in [0.717, 1.165) is 44.2 Å². The highest BCUT2D eigenvalue weighted by Crippen LogP contribution is 2.62. The van der Waals surface area contributed by atoms with Gasteiger partial charge in [0.2, 0.25) is 0 Å². The predicted molar refractivity (Wildman–Crippen MR) is 88.6 cm³/mol. The maximum Gasteiger partial charge on any atom is 0.115 e. The van der Waals surface area contributed by atoms with E-state index in [0.29, 0.717) is 11.7 Å². The van der Waals surface area contributed by atoms with Crippen molar-refractivity contribution in [1.82, 2.24) is 0 Å². The van der Waals surface area contributed by atoms with Crippen molar-refractivity contribution >= 4 is 5.71 Å². The molecule has 2 fully saturated rings. The van der Waals surface area contributed by atoms with E-state index in [-0.39, 0.29) is 11.3 Å². The largest absolute Gasteiger partial charge is 0.508 e. The Kier molecular flexibility index (Phi) is 3.24. The highest BCUT2D eigenvalue weighted by atomic mass is 16.6. The molecule has 124 valence electrons. The second-order valence-corrected chi connectivity index (χ2v) is 7.65. The van der Waals surface area contributed by atoms with E-state index in [9.17, 15) is 10.2 Å². The zero-order chi connectivity index (χ0) is 16.2. The minimum Gasteiger partial charge on any atom is -0.508 e. The first kappa shape index (κ1) is 15.0. The molecular weight excluding hydrogens is 290 g/mol. The van der Waals surface area contributed by atoms with Crippen LogP contribution in [0.5, 0.6) is 5.75 Å². The van der Waals surface area contributed by atoms with Crippen molar-refractivity contribution in [1.29, 1.82) is 0 Å². The molecule has 2 N–H and O–H groups in total. The van der Waals surface area contributed by atoms with Gasteiger partial charge in [0.1, 0.15) is 12.9 Å². The monoisotopic (exact) mass is 315 g/mol. The minimum absolute atomic E-state index is 0.265. The van der Waals surface area contributed by atoms with Gasteiger partial charge in [0.05, 0.1) is 11.3 Å². The molecule has 0 aromatic heterocycles. The van der Waals surface area contributed by atoms with E-state index >= 15 is 0 Å². The van der Waals surface area contributed by atoms with Crippen LogP contribution in [0, 0.1) is 11.3 Å². The van der Waals surface area contributed by atoms with Gasteiger partial charge in [-0.3, -0.25) is 0 Å². The van der Waals surface area contributed by atoms with Crippen LogP contribution in [0.4, 0.5) is 0 Å². The fraction of sp³-hybridized carbons (Fsp3) is 0.632. The first-order valence-corrected chi connectivity index (χ1v) is 8.64. The van der Waals surface area contributed by atoms with Crippen LogP contribution in [0.25, 0.3) is 0 Å². The molecule has 4 heteroatoms. The van der Waals surface area contributed by atoms with Crippen molar-refractivity contribution < 1.29 is 15.1 Å². The lowest BCUT2D eigenvalue weighted by Crippen LogP contribution is -2.56. The van der Waals surface area contributed by atoms with Gasteiger partial charge >= 0.3 is 0 Å². The lowest BCUT2D eigenvalue weighted by molar-refractivity contribution is -0.119. The van der Waals surface area contributed by atoms with Crippen LogP contribution >= 0.6 is 0 Å². The molecule has 4 nitrogen and oxygen atoms in total. The van der Waals surface area contributed by atoms with Crippen LogP contribution in [-0.2, 0) is 11.3 Å². The summed E-state index contributed by atoms with van der Waals surface area (Å²) >= 11 is 0. The van der Waals surface area contributed by atoms with Crippen LogP contribution in [0.2, 0.25) is 0 Å². The number of hydrogen-bond donors (Lipinski definition) is 2. The van der Waals surface area contributed by atoms with Gasteiger partial charge in [-0.05, 0) is 73.6 Å². The number of nitrogens with zero attached hydrogens (tertiary/aromatic N) is 1. The number of hydrogen-bond acceptors (Lipinski definition) is 4. The Balaban J connectivity index is 1.75. The average molecular weight is 315 g/mol. The summed E-state index contributed by atoms with van der Waals surface area (Å²) in [5.74, 6) is 0.999. The maximum absolute atomic E-state index is 11.7. The number of rotatable bonds is 1. The molecule has 0 aliphatic heterocycles. The van der Waals surface area contributed by atoms with Crippen molar-refractivity contribution in [2.45, 2.75) is 57.0 Å². The summed E-state index contributed by atoms with van der Waals surface area (Å²) < 4.78 is 0. The highest BCUT2D eigenvalue weighted by molar-refractivity contribution is 5.93. The van der Waals surface area contributed by atoms with Crippen molar-refractivity contribution in [3.63, 3.8) is 0 Å². The third-order valence-corrected chi connectivity index (χ3v) is 6.84. The summed E-state index contributed by atoms with van der Waals surface area (Å²) in [5.41, 5.74) is 2.65. The number of oxime groups is 1. The smallest absolute Gasteiger partial charge is 0.115 e. The molecule has 0 radical (unpaired) electrons.